The van der Waals surface area contributed by atoms with Crippen LogP contribution in [0, 0.1) is 0 Å². The second-order valence-corrected chi connectivity index (χ2v) is 3.69. The summed E-state index contributed by atoms with van der Waals surface area (Å²) in [5.41, 5.74) is 0. The summed E-state index contributed by atoms with van der Waals surface area (Å²) in [6, 6.07) is 0.447. The zero-order valence-corrected chi connectivity index (χ0v) is 7.89. The summed E-state index contributed by atoms with van der Waals surface area (Å²) < 4.78 is 0. The summed E-state index contributed by atoms with van der Waals surface area (Å²) in [5.74, 6) is 0. The van der Waals surface area contributed by atoms with Gasteiger partial charge in [-0.2, -0.15) is 0 Å². The molecule has 0 N–H and O–H groups in total. The second kappa shape index (κ2) is 2.93. The zero-order valence-electron chi connectivity index (χ0n) is 6.26. The van der Waals surface area contributed by atoms with Gasteiger partial charge in [-0.3, -0.25) is 0 Å². The topological polar surface area (TPSA) is 3.24 Å². The molecule has 1 aliphatic rings. The first-order chi connectivity index (χ1) is 4.63. The fraction of sp³-hybridized carbons (Fsp3) is 0.714. The highest BCUT2D eigenvalue weighted by Gasteiger charge is 2.23. The van der Waals surface area contributed by atoms with Gasteiger partial charge in [0.05, 0.1) is 9.98 Å². The molecule has 1 heterocycles. The molecule has 0 aromatic rings. The summed E-state index contributed by atoms with van der Waals surface area (Å²) >= 11 is 10.3. The van der Waals surface area contributed by atoms with E-state index >= 15 is 0 Å². The third kappa shape index (κ3) is 1.35. The minimum absolute atomic E-state index is 0.447. The number of likely N-dealkylation sites (tertiary alicyclic amines) is 1. The molecule has 1 nitrogen and oxygen atoms in total. The Morgan fingerprint density at radius 2 is 1.60 bits per heavy atom. The standard InChI is InChI=1S/C7H11NS2/c1-5(2)8-6(9)3-4-7(8)10/h5H,3-4H2,1-2H3. The van der Waals surface area contributed by atoms with E-state index in [2.05, 4.69) is 18.7 Å². The molecule has 1 fully saturated rings. The van der Waals surface area contributed by atoms with Crippen molar-refractivity contribution in [2.75, 3.05) is 0 Å². The Labute approximate surface area is 72.4 Å². The van der Waals surface area contributed by atoms with Gasteiger partial charge in [-0.15, -0.1) is 0 Å². The Hall–Kier alpha value is -0.0200. The van der Waals surface area contributed by atoms with Gasteiger partial charge < -0.3 is 4.90 Å². The number of hydrogen-bond acceptors (Lipinski definition) is 2. The van der Waals surface area contributed by atoms with Crippen molar-refractivity contribution in [1.29, 1.82) is 0 Å². The molecule has 0 bridgehead atoms. The van der Waals surface area contributed by atoms with E-state index in [0.717, 1.165) is 22.8 Å². The van der Waals surface area contributed by atoms with Gasteiger partial charge in [0.2, 0.25) is 0 Å². The van der Waals surface area contributed by atoms with Crippen molar-refractivity contribution in [2.24, 2.45) is 0 Å². The van der Waals surface area contributed by atoms with Crippen LogP contribution in [-0.4, -0.2) is 20.9 Å². The van der Waals surface area contributed by atoms with Gasteiger partial charge in [-0.05, 0) is 13.8 Å². The monoisotopic (exact) mass is 173 g/mol. The Kier molecular flexibility index (Phi) is 2.36. The zero-order chi connectivity index (χ0) is 7.72. The molecule has 0 aromatic heterocycles. The number of nitrogens with zero attached hydrogens (tertiary/aromatic N) is 1. The molecule has 0 saturated carbocycles. The summed E-state index contributed by atoms with van der Waals surface area (Å²) in [4.78, 5) is 4.10. The third-order valence-electron chi connectivity index (χ3n) is 1.61. The van der Waals surface area contributed by atoms with Crippen LogP contribution in [0.5, 0.6) is 0 Å². The molecule has 3 heteroatoms. The van der Waals surface area contributed by atoms with Gasteiger partial charge >= 0.3 is 0 Å². The quantitative estimate of drug-likeness (QED) is 0.559. The van der Waals surface area contributed by atoms with Crippen molar-refractivity contribution >= 4 is 34.4 Å². The lowest BCUT2D eigenvalue weighted by Crippen LogP contribution is -2.33. The van der Waals surface area contributed by atoms with E-state index in [0.29, 0.717) is 6.04 Å². The smallest absolute Gasteiger partial charge is 0.0834 e. The first kappa shape index (κ1) is 8.08. The van der Waals surface area contributed by atoms with Crippen molar-refractivity contribution in [1.82, 2.24) is 4.90 Å². The second-order valence-electron chi connectivity index (χ2n) is 2.75. The van der Waals surface area contributed by atoms with E-state index in [9.17, 15) is 0 Å². The number of rotatable bonds is 1. The first-order valence-electron chi connectivity index (χ1n) is 3.48. The van der Waals surface area contributed by atoms with Gasteiger partial charge in [0.25, 0.3) is 0 Å². The van der Waals surface area contributed by atoms with E-state index in [4.69, 9.17) is 24.4 Å². The van der Waals surface area contributed by atoms with Crippen LogP contribution in [0.15, 0.2) is 0 Å². The van der Waals surface area contributed by atoms with Crippen LogP contribution >= 0.6 is 24.4 Å². The predicted molar refractivity (Wildman–Crippen MR) is 51.4 cm³/mol. The van der Waals surface area contributed by atoms with Crippen molar-refractivity contribution in [2.45, 2.75) is 32.7 Å². The molecule has 1 aliphatic heterocycles. The molecular weight excluding hydrogens is 162 g/mol. The van der Waals surface area contributed by atoms with E-state index in [-0.39, 0.29) is 0 Å². The Balaban J connectivity index is 2.72. The van der Waals surface area contributed by atoms with Gasteiger partial charge in [0.1, 0.15) is 0 Å². The van der Waals surface area contributed by atoms with E-state index in [1.54, 1.807) is 0 Å². The van der Waals surface area contributed by atoms with Crippen LogP contribution in [0.2, 0.25) is 0 Å². The molecule has 1 saturated heterocycles. The maximum absolute atomic E-state index is 5.13. The highest BCUT2D eigenvalue weighted by molar-refractivity contribution is 7.82. The molecule has 0 aliphatic carbocycles. The maximum atomic E-state index is 5.13. The van der Waals surface area contributed by atoms with Crippen molar-refractivity contribution in [3.8, 4) is 0 Å². The molecule has 1 rings (SSSR count). The van der Waals surface area contributed by atoms with E-state index in [1.165, 1.54) is 0 Å². The average Bonchev–Trinajstić information content (AvgIpc) is 2.11. The normalized spacial score (nSPS) is 19.3. The molecule has 0 spiro atoms. The molecule has 10 heavy (non-hydrogen) atoms. The van der Waals surface area contributed by atoms with Crippen molar-refractivity contribution < 1.29 is 0 Å². The van der Waals surface area contributed by atoms with Crippen LogP contribution in [-0.2, 0) is 0 Å². The summed E-state index contributed by atoms with van der Waals surface area (Å²) in [7, 11) is 0. The van der Waals surface area contributed by atoms with Crippen LogP contribution in [0.1, 0.15) is 26.7 Å². The van der Waals surface area contributed by atoms with Crippen LogP contribution in [0.3, 0.4) is 0 Å². The molecule has 56 valence electrons. The SMILES string of the molecule is CC(C)N1C(=S)CCC1=S. The molecule has 0 unspecified atom stereocenters. The van der Waals surface area contributed by atoms with Crippen LogP contribution in [0.4, 0.5) is 0 Å². The van der Waals surface area contributed by atoms with Gasteiger partial charge in [-0.25, -0.2) is 0 Å². The lowest BCUT2D eigenvalue weighted by molar-refractivity contribution is 0.520. The highest BCUT2D eigenvalue weighted by atomic mass is 32.1. The molecular formula is C7H11NS2. The Morgan fingerprint density at radius 3 is 1.80 bits per heavy atom. The van der Waals surface area contributed by atoms with Gasteiger partial charge in [-0.1, -0.05) is 24.4 Å². The fourth-order valence-corrected chi connectivity index (χ4v) is 2.07. The summed E-state index contributed by atoms with van der Waals surface area (Å²) in [5, 5.41) is 0. The molecule has 0 atom stereocenters. The van der Waals surface area contributed by atoms with Crippen molar-refractivity contribution in [3.05, 3.63) is 0 Å². The third-order valence-corrected chi connectivity index (χ3v) is 2.41. The summed E-state index contributed by atoms with van der Waals surface area (Å²) in [6.07, 6.45) is 1.96. The fourth-order valence-electron chi connectivity index (χ4n) is 1.17. The minimum atomic E-state index is 0.447. The van der Waals surface area contributed by atoms with Crippen molar-refractivity contribution in [3.63, 3.8) is 0 Å². The first-order valence-corrected chi connectivity index (χ1v) is 4.29. The number of hydrogen-bond donors (Lipinski definition) is 0. The maximum Gasteiger partial charge on any atom is 0.0834 e. The lowest BCUT2D eigenvalue weighted by Gasteiger charge is -2.22. The summed E-state index contributed by atoms with van der Waals surface area (Å²) in [6.45, 7) is 4.23. The van der Waals surface area contributed by atoms with Crippen LogP contribution < -0.4 is 0 Å². The molecule has 0 amide bonds. The van der Waals surface area contributed by atoms with E-state index in [1.807, 2.05) is 0 Å². The highest BCUT2D eigenvalue weighted by Crippen LogP contribution is 2.17. The molecule has 0 aromatic carbocycles. The van der Waals surface area contributed by atoms with Crippen LogP contribution in [0.25, 0.3) is 0 Å². The Morgan fingerprint density at radius 1 is 1.20 bits per heavy atom. The molecule has 0 radical (unpaired) electrons. The van der Waals surface area contributed by atoms with Gasteiger partial charge in [0.15, 0.2) is 0 Å². The minimum Gasteiger partial charge on any atom is -0.328 e. The average molecular weight is 173 g/mol. The van der Waals surface area contributed by atoms with E-state index < -0.39 is 0 Å². The number of thiocarbonyl (C=S) groups is 2. The largest absolute Gasteiger partial charge is 0.328 e. The predicted octanol–water partition coefficient (Wildman–Crippen LogP) is 2.15. The Bertz CT molecular complexity index is 158. The van der Waals surface area contributed by atoms with Gasteiger partial charge in [0, 0.05) is 18.9 Å². The lowest BCUT2D eigenvalue weighted by atomic mass is 10.3.